The molecule has 3 rings (SSSR count). The second-order valence-electron chi connectivity index (χ2n) is 5.67. The smallest absolute Gasteiger partial charge is 0.246 e. The highest BCUT2D eigenvalue weighted by Gasteiger charge is 2.36. The predicted octanol–water partition coefficient (Wildman–Crippen LogP) is 4.14. The van der Waals surface area contributed by atoms with E-state index in [1.54, 1.807) is 28.4 Å². The molecule has 1 amide bonds. The van der Waals surface area contributed by atoms with Crippen LogP contribution in [-0.4, -0.2) is 17.9 Å². The maximum Gasteiger partial charge on any atom is 0.246 e. The van der Waals surface area contributed by atoms with Gasteiger partial charge in [-0.05, 0) is 42.0 Å². The number of rotatable bonds is 5. The summed E-state index contributed by atoms with van der Waals surface area (Å²) in [6.07, 6.45) is 4.54. The van der Waals surface area contributed by atoms with Gasteiger partial charge in [0.05, 0.1) is 6.54 Å². The van der Waals surface area contributed by atoms with Gasteiger partial charge in [-0.1, -0.05) is 13.0 Å². The molecule has 0 radical (unpaired) electrons. The summed E-state index contributed by atoms with van der Waals surface area (Å²) in [6, 6.07) is 7.99. The number of hydrogen-bond acceptors (Lipinski definition) is 3. The van der Waals surface area contributed by atoms with Gasteiger partial charge in [-0.2, -0.15) is 0 Å². The van der Waals surface area contributed by atoms with E-state index < -0.39 is 0 Å². The lowest BCUT2D eigenvalue weighted by Crippen LogP contribution is -2.23. The molecule has 0 N–H and O–H groups in total. The van der Waals surface area contributed by atoms with Gasteiger partial charge in [-0.25, -0.2) is 0 Å². The SMILES string of the molecule is C[C@H]1C[C@@H]1c1ccc(/C=C/C(=O)N(C)Cc2cccs2)o1. The van der Waals surface area contributed by atoms with Crippen molar-refractivity contribution in [3.63, 3.8) is 0 Å². The highest BCUT2D eigenvalue weighted by Crippen LogP contribution is 2.47. The van der Waals surface area contributed by atoms with E-state index in [9.17, 15) is 4.79 Å². The van der Waals surface area contributed by atoms with Crippen molar-refractivity contribution in [1.82, 2.24) is 4.90 Å². The molecule has 2 atom stereocenters. The van der Waals surface area contributed by atoms with E-state index in [2.05, 4.69) is 6.92 Å². The minimum atomic E-state index is -0.0128. The summed E-state index contributed by atoms with van der Waals surface area (Å²) in [6.45, 7) is 2.87. The number of nitrogens with zero attached hydrogens (tertiary/aromatic N) is 1. The van der Waals surface area contributed by atoms with Crippen LogP contribution in [0.3, 0.4) is 0 Å². The van der Waals surface area contributed by atoms with Crippen molar-refractivity contribution in [2.75, 3.05) is 7.05 Å². The first-order valence-electron chi connectivity index (χ1n) is 7.19. The Kier molecular flexibility index (Phi) is 3.97. The lowest BCUT2D eigenvalue weighted by Gasteiger charge is -2.13. The first-order valence-corrected chi connectivity index (χ1v) is 8.07. The molecule has 3 nitrogen and oxygen atoms in total. The van der Waals surface area contributed by atoms with Crippen LogP contribution in [0.4, 0.5) is 0 Å². The molecule has 4 heteroatoms. The van der Waals surface area contributed by atoms with Crippen LogP contribution >= 0.6 is 11.3 Å². The van der Waals surface area contributed by atoms with Crippen LogP contribution in [0.2, 0.25) is 0 Å². The van der Waals surface area contributed by atoms with Gasteiger partial charge in [0, 0.05) is 23.9 Å². The van der Waals surface area contributed by atoms with Crippen molar-refractivity contribution in [2.45, 2.75) is 25.8 Å². The Hall–Kier alpha value is -1.81. The Balaban J connectivity index is 1.57. The van der Waals surface area contributed by atoms with Crippen molar-refractivity contribution >= 4 is 23.3 Å². The normalized spacial score (nSPS) is 20.9. The van der Waals surface area contributed by atoms with Crippen LogP contribution in [0.15, 0.2) is 40.1 Å². The molecule has 0 unspecified atom stereocenters. The first kappa shape index (κ1) is 14.1. The standard InChI is InChI=1S/C17H19NO2S/c1-12-10-15(12)16-7-5-13(20-16)6-8-17(19)18(2)11-14-4-3-9-21-14/h3-9,12,15H,10-11H2,1-2H3/b8-6+/t12-,15-/m0/s1. The molecule has 21 heavy (non-hydrogen) atoms. The number of amides is 1. The maximum absolute atomic E-state index is 12.0. The minimum Gasteiger partial charge on any atom is -0.461 e. The molecule has 1 saturated carbocycles. The molecular formula is C17H19NO2S. The van der Waals surface area contributed by atoms with Gasteiger partial charge in [0.1, 0.15) is 11.5 Å². The molecule has 1 fully saturated rings. The molecule has 2 aromatic heterocycles. The Bertz CT molecular complexity index is 642. The number of furan rings is 1. The fourth-order valence-corrected chi connectivity index (χ4v) is 3.13. The molecule has 1 aliphatic carbocycles. The van der Waals surface area contributed by atoms with Gasteiger partial charge in [-0.3, -0.25) is 4.79 Å². The van der Waals surface area contributed by atoms with Crippen LogP contribution in [0.25, 0.3) is 6.08 Å². The minimum absolute atomic E-state index is 0.0128. The van der Waals surface area contributed by atoms with Crippen molar-refractivity contribution in [3.05, 3.63) is 52.1 Å². The quantitative estimate of drug-likeness (QED) is 0.778. The summed E-state index contributed by atoms with van der Waals surface area (Å²) >= 11 is 1.66. The number of thiophene rings is 1. The van der Waals surface area contributed by atoms with Gasteiger partial charge in [-0.15, -0.1) is 11.3 Å². The lowest BCUT2D eigenvalue weighted by atomic mass is 10.3. The van der Waals surface area contributed by atoms with Gasteiger partial charge < -0.3 is 9.32 Å². The van der Waals surface area contributed by atoms with Crippen molar-refractivity contribution in [2.24, 2.45) is 5.92 Å². The third-order valence-electron chi connectivity index (χ3n) is 3.86. The Labute approximate surface area is 128 Å². The summed E-state index contributed by atoms with van der Waals surface area (Å²) in [5, 5.41) is 2.02. The van der Waals surface area contributed by atoms with Crippen LogP contribution < -0.4 is 0 Å². The van der Waals surface area contributed by atoms with E-state index in [-0.39, 0.29) is 5.91 Å². The van der Waals surface area contributed by atoms with Gasteiger partial charge in [0.25, 0.3) is 0 Å². The summed E-state index contributed by atoms with van der Waals surface area (Å²) in [4.78, 5) is 14.9. The van der Waals surface area contributed by atoms with E-state index in [0.29, 0.717) is 12.5 Å². The van der Waals surface area contributed by atoms with E-state index >= 15 is 0 Å². The third kappa shape index (κ3) is 3.45. The van der Waals surface area contributed by atoms with E-state index in [4.69, 9.17) is 4.42 Å². The molecule has 2 heterocycles. The van der Waals surface area contributed by atoms with Crippen molar-refractivity contribution < 1.29 is 9.21 Å². The number of carbonyl (C=O) groups is 1. The molecular weight excluding hydrogens is 282 g/mol. The van der Waals surface area contributed by atoms with Crippen LogP contribution in [0, 0.1) is 5.92 Å². The second kappa shape index (κ2) is 5.90. The Morgan fingerprint density at radius 3 is 2.95 bits per heavy atom. The first-order chi connectivity index (χ1) is 10.1. The highest BCUT2D eigenvalue weighted by atomic mass is 32.1. The van der Waals surface area contributed by atoms with E-state index in [0.717, 1.165) is 17.4 Å². The molecule has 0 saturated heterocycles. The summed E-state index contributed by atoms with van der Waals surface area (Å²) in [5.74, 6) is 3.08. The van der Waals surface area contributed by atoms with Crippen LogP contribution in [0.5, 0.6) is 0 Å². The van der Waals surface area contributed by atoms with Crippen LogP contribution in [0.1, 0.15) is 35.7 Å². The molecule has 0 bridgehead atoms. The number of likely N-dealkylation sites (N-methyl/N-ethyl adjacent to an activating group) is 1. The monoisotopic (exact) mass is 301 g/mol. The average molecular weight is 301 g/mol. The topological polar surface area (TPSA) is 33.5 Å². The molecule has 1 aliphatic rings. The zero-order chi connectivity index (χ0) is 14.8. The average Bonchev–Trinajstić information content (AvgIpc) is 2.88. The van der Waals surface area contributed by atoms with Gasteiger partial charge in [0.15, 0.2) is 0 Å². The third-order valence-corrected chi connectivity index (χ3v) is 4.72. The molecule has 0 spiro atoms. The predicted molar refractivity (Wildman–Crippen MR) is 85.1 cm³/mol. The Morgan fingerprint density at radius 1 is 1.48 bits per heavy atom. The summed E-state index contributed by atoms with van der Waals surface area (Å²) in [7, 11) is 1.81. The fourth-order valence-electron chi connectivity index (χ4n) is 2.37. The molecule has 0 aliphatic heterocycles. The molecule has 0 aromatic carbocycles. The maximum atomic E-state index is 12.0. The number of carbonyl (C=O) groups excluding carboxylic acids is 1. The molecule has 2 aromatic rings. The largest absolute Gasteiger partial charge is 0.461 e. The van der Waals surface area contributed by atoms with Gasteiger partial charge in [0.2, 0.25) is 5.91 Å². The zero-order valence-corrected chi connectivity index (χ0v) is 13.1. The summed E-state index contributed by atoms with van der Waals surface area (Å²) in [5.41, 5.74) is 0. The van der Waals surface area contributed by atoms with Gasteiger partial charge >= 0.3 is 0 Å². The second-order valence-corrected chi connectivity index (χ2v) is 6.70. The van der Waals surface area contributed by atoms with E-state index in [1.807, 2.05) is 36.7 Å². The fraction of sp³-hybridized carbons (Fsp3) is 0.353. The molecule has 110 valence electrons. The van der Waals surface area contributed by atoms with Crippen LogP contribution in [-0.2, 0) is 11.3 Å². The van der Waals surface area contributed by atoms with Crippen molar-refractivity contribution in [1.29, 1.82) is 0 Å². The Morgan fingerprint density at radius 2 is 2.29 bits per heavy atom. The highest BCUT2D eigenvalue weighted by molar-refractivity contribution is 7.09. The lowest BCUT2D eigenvalue weighted by molar-refractivity contribution is -0.125. The van der Waals surface area contributed by atoms with E-state index in [1.165, 1.54) is 11.3 Å². The number of hydrogen-bond donors (Lipinski definition) is 0. The summed E-state index contributed by atoms with van der Waals surface area (Å²) < 4.78 is 5.76. The van der Waals surface area contributed by atoms with Crippen molar-refractivity contribution in [3.8, 4) is 0 Å². The zero-order valence-electron chi connectivity index (χ0n) is 12.3.